The van der Waals surface area contributed by atoms with E-state index >= 15 is 0 Å². The summed E-state index contributed by atoms with van der Waals surface area (Å²) < 4.78 is 5.21. The molecule has 0 aliphatic carbocycles. The van der Waals surface area contributed by atoms with Crippen LogP contribution in [-0.2, 0) is 4.74 Å². The van der Waals surface area contributed by atoms with Gasteiger partial charge in [-0.2, -0.15) is 0 Å². The number of rotatable bonds is 1. The number of nitrogens with zero attached hydrogens (tertiary/aromatic N) is 3. The molecule has 1 aliphatic rings. The van der Waals surface area contributed by atoms with Gasteiger partial charge in [-0.3, -0.25) is 0 Å². The molecule has 1 aromatic heterocycles. The van der Waals surface area contributed by atoms with E-state index in [0.29, 0.717) is 13.2 Å². The summed E-state index contributed by atoms with van der Waals surface area (Å²) in [6, 6.07) is 1.87. The Hall–Kier alpha value is -0.870. The van der Waals surface area contributed by atoms with E-state index in [1.807, 2.05) is 6.07 Å². The molecule has 0 aromatic carbocycles. The predicted molar refractivity (Wildman–Crippen MR) is 49.8 cm³/mol. The fourth-order valence-electron chi connectivity index (χ4n) is 1.29. The molecule has 1 unspecified atom stereocenters. The Morgan fingerprint density at radius 1 is 1.62 bits per heavy atom. The highest BCUT2D eigenvalue weighted by Crippen LogP contribution is 2.15. The first kappa shape index (κ1) is 8.72. The Morgan fingerprint density at radius 3 is 3.23 bits per heavy atom. The minimum absolute atomic E-state index is 0.233. The molecule has 2 rings (SSSR count). The molecule has 5 heteroatoms. The van der Waals surface area contributed by atoms with Gasteiger partial charge in [-0.1, -0.05) is 11.6 Å². The van der Waals surface area contributed by atoms with Crippen molar-refractivity contribution in [1.82, 2.24) is 9.97 Å². The van der Waals surface area contributed by atoms with Gasteiger partial charge in [0.2, 0.25) is 0 Å². The molecule has 1 aromatic rings. The Morgan fingerprint density at radius 2 is 2.54 bits per heavy atom. The van der Waals surface area contributed by atoms with Gasteiger partial charge in [0.1, 0.15) is 17.7 Å². The van der Waals surface area contributed by atoms with E-state index in [4.69, 9.17) is 16.3 Å². The maximum Gasteiger partial charge on any atom is 0.148 e. The molecule has 1 aliphatic heterocycles. The SMILES string of the molecule is ClC1CN(c2ccncn2)CCO1. The van der Waals surface area contributed by atoms with E-state index in [-0.39, 0.29) is 5.56 Å². The van der Waals surface area contributed by atoms with E-state index in [0.717, 1.165) is 12.4 Å². The average molecular weight is 200 g/mol. The zero-order valence-electron chi connectivity index (χ0n) is 7.06. The van der Waals surface area contributed by atoms with E-state index in [1.54, 1.807) is 6.20 Å². The van der Waals surface area contributed by atoms with Crippen LogP contribution >= 0.6 is 11.6 Å². The van der Waals surface area contributed by atoms with Crippen LogP contribution < -0.4 is 4.90 Å². The van der Waals surface area contributed by atoms with Crippen molar-refractivity contribution in [1.29, 1.82) is 0 Å². The van der Waals surface area contributed by atoms with Crippen molar-refractivity contribution in [3.8, 4) is 0 Å². The topological polar surface area (TPSA) is 38.2 Å². The molecular weight excluding hydrogens is 190 g/mol. The first-order chi connectivity index (χ1) is 6.36. The first-order valence-corrected chi connectivity index (χ1v) is 4.56. The predicted octanol–water partition coefficient (Wildman–Crippen LogP) is 0.878. The summed E-state index contributed by atoms with van der Waals surface area (Å²) in [7, 11) is 0. The fraction of sp³-hybridized carbons (Fsp3) is 0.500. The van der Waals surface area contributed by atoms with Gasteiger partial charge in [0.15, 0.2) is 0 Å². The lowest BCUT2D eigenvalue weighted by Crippen LogP contribution is -2.40. The van der Waals surface area contributed by atoms with Crippen LogP contribution in [0.4, 0.5) is 5.82 Å². The second-order valence-electron chi connectivity index (χ2n) is 2.79. The normalized spacial score (nSPS) is 23.2. The van der Waals surface area contributed by atoms with Crippen LogP contribution in [0.3, 0.4) is 0 Å². The van der Waals surface area contributed by atoms with Gasteiger partial charge in [0, 0.05) is 12.7 Å². The molecule has 0 amide bonds. The third-order valence-corrected chi connectivity index (χ3v) is 2.18. The maximum atomic E-state index is 5.85. The monoisotopic (exact) mass is 199 g/mol. The summed E-state index contributed by atoms with van der Waals surface area (Å²) in [6.07, 6.45) is 3.26. The third kappa shape index (κ3) is 2.08. The second-order valence-corrected chi connectivity index (χ2v) is 3.28. The number of alkyl halides is 1. The highest BCUT2D eigenvalue weighted by Gasteiger charge is 2.18. The summed E-state index contributed by atoms with van der Waals surface area (Å²) in [5.74, 6) is 0.906. The van der Waals surface area contributed by atoms with Crippen molar-refractivity contribution in [3.05, 3.63) is 18.6 Å². The summed E-state index contributed by atoms with van der Waals surface area (Å²) in [5, 5.41) is 0. The maximum absolute atomic E-state index is 5.85. The number of hydrogen-bond donors (Lipinski definition) is 0. The molecule has 70 valence electrons. The van der Waals surface area contributed by atoms with Crippen LogP contribution in [0.1, 0.15) is 0 Å². The lowest BCUT2D eigenvalue weighted by atomic mass is 10.4. The minimum atomic E-state index is -0.233. The van der Waals surface area contributed by atoms with Crippen LogP contribution in [-0.4, -0.2) is 35.2 Å². The average Bonchev–Trinajstić information content (AvgIpc) is 2.19. The number of halogens is 1. The van der Waals surface area contributed by atoms with E-state index < -0.39 is 0 Å². The third-order valence-electron chi connectivity index (χ3n) is 1.91. The number of hydrogen-bond acceptors (Lipinski definition) is 4. The molecular formula is C8H10ClN3O. The summed E-state index contributed by atoms with van der Waals surface area (Å²) >= 11 is 5.85. The van der Waals surface area contributed by atoms with Crippen LogP contribution in [0.15, 0.2) is 18.6 Å². The molecule has 0 saturated carbocycles. The van der Waals surface area contributed by atoms with Gasteiger partial charge in [-0.15, -0.1) is 0 Å². The Kier molecular flexibility index (Phi) is 2.61. The quantitative estimate of drug-likeness (QED) is 0.630. The van der Waals surface area contributed by atoms with Crippen LogP contribution in [0.5, 0.6) is 0 Å². The second kappa shape index (κ2) is 3.89. The van der Waals surface area contributed by atoms with Crippen molar-refractivity contribution < 1.29 is 4.74 Å². The first-order valence-electron chi connectivity index (χ1n) is 4.13. The zero-order chi connectivity index (χ0) is 9.10. The molecule has 0 radical (unpaired) electrons. The lowest BCUT2D eigenvalue weighted by molar-refractivity contribution is 0.0931. The van der Waals surface area contributed by atoms with Crippen LogP contribution in [0.25, 0.3) is 0 Å². The van der Waals surface area contributed by atoms with Crippen molar-refractivity contribution in [3.63, 3.8) is 0 Å². The van der Waals surface area contributed by atoms with Gasteiger partial charge in [0.05, 0.1) is 13.2 Å². The molecule has 0 N–H and O–H groups in total. The Bertz CT molecular complexity index is 269. The standard InChI is InChI=1S/C8H10ClN3O/c9-7-5-12(3-4-13-7)8-1-2-10-6-11-8/h1-2,6-7H,3-5H2. The summed E-state index contributed by atoms with van der Waals surface area (Å²) in [5.41, 5.74) is -0.233. The number of aromatic nitrogens is 2. The Labute approximate surface area is 81.5 Å². The molecule has 2 heterocycles. The van der Waals surface area contributed by atoms with Gasteiger partial charge in [-0.25, -0.2) is 9.97 Å². The smallest absolute Gasteiger partial charge is 0.148 e. The van der Waals surface area contributed by atoms with Crippen LogP contribution in [0, 0.1) is 0 Å². The van der Waals surface area contributed by atoms with Crippen molar-refractivity contribution in [2.24, 2.45) is 0 Å². The van der Waals surface area contributed by atoms with E-state index in [2.05, 4.69) is 14.9 Å². The van der Waals surface area contributed by atoms with Crippen molar-refractivity contribution in [2.75, 3.05) is 24.6 Å². The summed E-state index contributed by atoms with van der Waals surface area (Å²) in [4.78, 5) is 10.1. The molecule has 13 heavy (non-hydrogen) atoms. The highest BCUT2D eigenvalue weighted by molar-refractivity contribution is 6.20. The molecule has 0 bridgehead atoms. The number of ether oxygens (including phenoxy) is 1. The van der Waals surface area contributed by atoms with Gasteiger partial charge in [0.25, 0.3) is 0 Å². The minimum Gasteiger partial charge on any atom is -0.359 e. The molecule has 1 atom stereocenters. The van der Waals surface area contributed by atoms with Gasteiger partial charge >= 0.3 is 0 Å². The fourth-order valence-corrected chi connectivity index (χ4v) is 1.54. The summed E-state index contributed by atoms with van der Waals surface area (Å²) in [6.45, 7) is 2.16. The number of anilines is 1. The van der Waals surface area contributed by atoms with Crippen molar-refractivity contribution >= 4 is 17.4 Å². The molecule has 4 nitrogen and oxygen atoms in total. The highest BCUT2D eigenvalue weighted by atomic mass is 35.5. The van der Waals surface area contributed by atoms with E-state index in [1.165, 1.54) is 6.33 Å². The molecule has 1 fully saturated rings. The number of morpholine rings is 1. The van der Waals surface area contributed by atoms with Crippen molar-refractivity contribution in [2.45, 2.75) is 5.56 Å². The van der Waals surface area contributed by atoms with Crippen LogP contribution in [0.2, 0.25) is 0 Å². The molecule has 0 spiro atoms. The zero-order valence-corrected chi connectivity index (χ0v) is 7.81. The Balaban J connectivity index is 2.08. The lowest BCUT2D eigenvalue weighted by Gasteiger charge is -2.30. The molecule has 1 saturated heterocycles. The largest absolute Gasteiger partial charge is 0.359 e. The van der Waals surface area contributed by atoms with Gasteiger partial charge < -0.3 is 9.64 Å². The van der Waals surface area contributed by atoms with E-state index in [9.17, 15) is 0 Å². The van der Waals surface area contributed by atoms with Gasteiger partial charge in [-0.05, 0) is 6.07 Å².